The Bertz CT molecular complexity index is 787. The lowest BCUT2D eigenvalue weighted by atomic mass is 9.65. The lowest BCUT2D eigenvalue weighted by molar-refractivity contribution is -0.180. The Balaban J connectivity index is 2.19. The number of hydrogen-bond acceptors (Lipinski definition) is 8. The van der Waals surface area contributed by atoms with E-state index in [9.17, 15) is 24.6 Å². The molecule has 10 heteroatoms. The normalized spacial score (nSPS) is 19.8. The highest BCUT2D eigenvalue weighted by molar-refractivity contribution is 6.00. The van der Waals surface area contributed by atoms with Gasteiger partial charge in [-0.15, -0.1) is 0 Å². The first-order valence-electron chi connectivity index (χ1n) is 10.8. The first-order valence-corrected chi connectivity index (χ1v) is 10.8. The van der Waals surface area contributed by atoms with Gasteiger partial charge >= 0.3 is 11.9 Å². The highest BCUT2D eigenvalue weighted by Gasteiger charge is 2.60. The maximum atomic E-state index is 13.2. The Morgan fingerprint density at radius 2 is 1.97 bits per heavy atom. The minimum Gasteiger partial charge on any atom is -0.479 e. The van der Waals surface area contributed by atoms with E-state index >= 15 is 0 Å². The van der Waals surface area contributed by atoms with Gasteiger partial charge in [-0.2, -0.15) is 0 Å². The number of carboxylic acid groups (broad SMARTS) is 1. The lowest BCUT2D eigenvalue weighted by Crippen LogP contribution is -2.73. The monoisotopic (exact) mass is 438 g/mol. The lowest BCUT2D eigenvalue weighted by Gasteiger charge is -2.45. The van der Waals surface area contributed by atoms with Crippen LogP contribution in [0.1, 0.15) is 75.0 Å². The van der Waals surface area contributed by atoms with E-state index in [-0.39, 0.29) is 24.4 Å². The fourth-order valence-corrected chi connectivity index (χ4v) is 4.26. The largest absolute Gasteiger partial charge is 0.479 e. The van der Waals surface area contributed by atoms with Crippen LogP contribution in [0.2, 0.25) is 0 Å². The number of nitrogens with one attached hydrogen (secondary N) is 1. The summed E-state index contributed by atoms with van der Waals surface area (Å²) in [6.07, 6.45) is 6.12. The molecule has 1 aromatic rings. The minimum atomic E-state index is -2.45. The molecule has 1 saturated carbocycles. The molecule has 0 spiro atoms. The van der Waals surface area contributed by atoms with Gasteiger partial charge < -0.3 is 31.4 Å². The van der Waals surface area contributed by atoms with E-state index < -0.39 is 40.8 Å². The molecule has 1 aliphatic rings. The van der Waals surface area contributed by atoms with Crippen LogP contribution >= 0.6 is 0 Å². The maximum Gasteiger partial charge on any atom is 0.358 e. The number of nitrogens with zero attached hydrogens (tertiary/aromatic N) is 1. The number of aliphatic hydroxyl groups is 1. The molecule has 1 heterocycles. The van der Waals surface area contributed by atoms with Crippen LogP contribution in [-0.4, -0.2) is 61.7 Å². The van der Waals surface area contributed by atoms with Gasteiger partial charge in [0.15, 0.2) is 17.1 Å². The number of nitrogens with two attached hydrogens (primary N) is 2. The van der Waals surface area contributed by atoms with Crippen molar-refractivity contribution in [2.75, 3.05) is 6.61 Å². The van der Waals surface area contributed by atoms with Crippen LogP contribution in [0.4, 0.5) is 0 Å². The molecule has 174 valence electrons. The first kappa shape index (κ1) is 25.0. The molecule has 31 heavy (non-hydrogen) atoms. The van der Waals surface area contributed by atoms with Crippen LogP contribution in [0.15, 0.2) is 6.33 Å². The standard InChI is InChI=1S/C21H34N4O6/c1-3-4-10-31-18(27)16-15(24-12-25-16)11-14(22)17(26)20(2,23)21(30,19(28)29)13-8-6-5-7-9-13/h12-14,30H,3-11,22-23H2,1-2H3,(H,24,25)(H,28,29)/t14-,20+,21?/m0/s1. The van der Waals surface area contributed by atoms with Gasteiger partial charge in [0.1, 0.15) is 5.54 Å². The summed E-state index contributed by atoms with van der Waals surface area (Å²) in [7, 11) is 0. The third kappa shape index (κ3) is 5.13. The second kappa shape index (κ2) is 10.3. The van der Waals surface area contributed by atoms with Gasteiger partial charge in [0, 0.05) is 12.3 Å². The number of ether oxygens (including phenoxy) is 1. The summed E-state index contributed by atoms with van der Waals surface area (Å²) >= 11 is 0. The Hall–Kier alpha value is -2.30. The van der Waals surface area contributed by atoms with Crippen molar-refractivity contribution < 1.29 is 29.3 Å². The van der Waals surface area contributed by atoms with Crippen LogP contribution < -0.4 is 11.5 Å². The Labute approximate surface area is 181 Å². The van der Waals surface area contributed by atoms with Gasteiger partial charge in [-0.1, -0.05) is 32.6 Å². The molecular weight excluding hydrogens is 404 g/mol. The summed E-state index contributed by atoms with van der Waals surface area (Å²) in [4.78, 5) is 44.2. The van der Waals surface area contributed by atoms with Crippen LogP contribution in [0.25, 0.3) is 0 Å². The van der Waals surface area contributed by atoms with E-state index in [0.29, 0.717) is 19.3 Å². The average Bonchev–Trinajstić information content (AvgIpc) is 3.21. The fourth-order valence-electron chi connectivity index (χ4n) is 4.26. The molecule has 3 atom stereocenters. The van der Waals surface area contributed by atoms with E-state index in [0.717, 1.165) is 25.7 Å². The number of H-pyrrole nitrogens is 1. The third-order valence-electron chi connectivity index (χ3n) is 6.23. The van der Waals surface area contributed by atoms with Crippen molar-refractivity contribution in [1.29, 1.82) is 0 Å². The van der Waals surface area contributed by atoms with E-state index in [2.05, 4.69) is 9.97 Å². The molecule has 1 aliphatic carbocycles. The third-order valence-corrected chi connectivity index (χ3v) is 6.23. The summed E-state index contributed by atoms with van der Waals surface area (Å²) in [5, 5.41) is 21.0. The number of hydrogen-bond donors (Lipinski definition) is 5. The van der Waals surface area contributed by atoms with Crippen LogP contribution in [0.3, 0.4) is 0 Å². The van der Waals surface area contributed by atoms with Gasteiger partial charge in [-0.25, -0.2) is 14.6 Å². The molecular formula is C21H34N4O6. The number of Topliss-reactive ketones (excluding diaryl/α,β-unsaturated/α-hetero) is 1. The number of unbranched alkanes of at least 4 members (excludes halogenated alkanes) is 1. The highest BCUT2D eigenvalue weighted by atomic mass is 16.5. The molecule has 0 aliphatic heterocycles. The summed E-state index contributed by atoms with van der Waals surface area (Å²) in [6.45, 7) is 3.43. The van der Waals surface area contributed by atoms with E-state index in [1.165, 1.54) is 13.3 Å². The number of imidazole rings is 1. The number of esters is 1. The summed E-state index contributed by atoms with van der Waals surface area (Å²) in [6, 6.07) is -1.26. The Morgan fingerprint density at radius 1 is 1.32 bits per heavy atom. The van der Waals surface area contributed by atoms with Crippen molar-refractivity contribution in [3.05, 3.63) is 17.7 Å². The summed E-state index contributed by atoms with van der Waals surface area (Å²) in [5.74, 6) is -3.63. The number of rotatable bonds is 11. The van der Waals surface area contributed by atoms with Crippen molar-refractivity contribution >= 4 is 17.7 Å². The topological polar surface area (TPSA) is 182 Å². The van der Waals surface area contributed by atoms with Gasteiger partial charge in [0.25, 0.3) is 0 Å². The van der Waals surface area contributed by atoms with Crippen molar-refractivity contribution in [3.8, 4) is 0 Å². The second-order valence-electron chi connectivity index (χ2n) is 8.50. The number of ketones is 1. The molecule has 0 amide bonds. The zero-order chi connectivity index (χ0) is 23.2. The molecule has 1 unspecified atom stereocenters. The van der Waals surface area contributed by atoms with Gasteiger partial charge in [-0.05, 0) is 26.2 Å². The molecule has 0 bridgehead atoms. The number of carbonyl (C=O) groups is 3. The Morgan fingerprint density at radius 3 is 2.55 bits per heavy atom. The first-order chi connectivity index (χ1) is 14.6. The van der Waals surface area contributed by atoms with Crippen molar-refractivity contribution in [2.45, 2.75) is 82.4 Å². The van der Waals surface area contributed by atoms with Crippen molar-refractivity contribution in [2.24, 2.45) is 17.4 Å². The van der Waals surface area contributed by atoms with Gasteiger partial charge in [0.05, 0.1) is 24.7 Å². The van der Waals surface area contributed by atoms with E-state index in [1.807, 2.05) is 6.92 Å². The molecule has 10 nitrogen and oxygen atoms in total. The molecule has 7 N–H and O–H groups in total. The van der Waals surface area contributed by atoms with Gasteiger partial charge in [0.2, 0.25) is 0 Å². The molecule has 1 aromatic heterocycles. The fraction of sp³-hybridized carbons (Fsp3) is 0.714. The molecule has 0 aromatic carbocycles. The smallest absolute Gasteiger partial charge is 0.358 e. The zero-order valence-corrected chi connectivity index (χ0v) is 18.2. The van der Waals surface area contributed by atoms with E-state index in [4.69, 9.17) is 16.2 Å². The molecule has 1 fully saturated rings. The number of aromatic amines is 1. The highest BCUT2D eigenvalue weighted by Crippen LogP contribution is 2.39. The Kier molecular flexibility index (Phi) is 8.33. The average molecular weight is 439 g/mol. The van der Waals surface area contributed by atoms with Gasteiger partial charge in [-0.3, -0.25) is 4.79 Å². The predicted molar refractivity (Wildman–Crippen MR) is 112 cm³/mol. The SMILES string of the molecule is CCCCOC(=O)c1nc[nH]c1C[C@H](N)C(=O)[C@@](C)(N)C(O)(C(=O)O)C1CCCCC1. The predicted octanol–water partition coefficient (Wildman–Crippen LogP) is 0.919. The van der Waals surface area contributed by atoms with Crippen LogP contribution in [0, 0.1) is 5.92 Å². The molecule has 0 saturated heterocycles. The van der Waals surface area contributed by atoms with E-state index in [1.54, 1.807) is 0 Å². The second-order valence-corrected chi connectivity index (χ2v) is 8.50. The zero-order valence-electron chi connectivity index (χ0n) is 18.2. The van der Waals surface area contributed by atoms with Crippen LogP contribution in [0.5, 0.6) is 0 Å². The molecule has 2 rings (SSSR count). The van der Waals surface area contributed by atoms with Crippen molar-refractivity contribution in [3.63, 3.8) is 0 Å². The molecule has 0 radical (unpaired) electrons. The summed E-state index contributed by atoms with van der Waals surface area (Å²) < 4.78 is 5.15. The number of aromatic nitrogens is 2. The van der Waals surface area contributed by atoms with Crippen LogP contribution in [-0.2, 0) is 20.7 Å². The minimum absolute atomic E-state index is 0.0128. The number of aliphatic carboxylic acids is 1. The quantitative estimate of drug-likeness (QED) is 0.248. The number of carbonyl (C=O) groups excluding carboxylic acids is 2. The summed E-state index contributed by atoms with van der Waals surface area (Å²) in [5.41, 5.74) is 8.01. The maximum absolute atomic E-state index is 13.2. The van der Waals surface area contributed by atoms with Crippen molar-refractivity contribution in [1.82, 2.24) is 9.97 Å². The number of carboxylic acids is 1.